The van der Waals surface area contributed by atoms with Gasteiger partial charge in [0.05, 0.1) is 11.0 Å². The van der Waals surface area contributed by atoms with E-state index < -0.39 is 0 Å². The zero-order valence-corrected chi connectivity index (χ0v) is 13.0. The minimum atomic E-state index is 0.631. The summed E-state index contributed by atoms with van der Waals surface area (Å²) in [7, 11) is 0. The molecule has 0 saturated carbocycles. The van der Waals surface area contributed by atoms with Crippen LogP contribution in [0, 0.1) is 0 Å². The summed E-state index contributed by atoms with van der Waals surface area (Å²) >= 11 is 6.74. The molecule has 2 aromatic heterocycles. The molecule has 0 amide bonds. The van der Waals surface area contributed by atoms with Gasteiger partial charge in [-0.15, -0.1) is 0 Å². The molecule has 0 radical (unpaired) electrons. The van der Waals surface area contributed by atoms with Gasteiger partial charge < -0.3 is 9.73 Å². The molecule has 0 spiro atoms. The quantitative estimate of drug-likeness (QED) is 0.696. The van der Waals surface area contributed by atoms with Crippen molar-refractivity contribution in [3.8, 4) is 0 Å². The van der Waals surface area contributed by atoms with E-state index in [-0.39, 0.29) is 0 Å². The minimum Gasteiger partial charge on any atom is -0.451 e. The average Bonchev–Trinajstić information content (AvgIpc) is 2.75. The van der Waals surface area contributed by atoms with Crippen LogP contribution < -0.4 is 5.32 Å². The van der Waals surface area contributed by atoms with Crippen molar-refractivity contribution in [2.45, 2.75) is 6.54 Å². The molecule has 5 heteroatoms. The summed E-state index contributed by atoms with van der Waals surface area (Å²) in [6.45, 7) is 0.631. The van der Waals surface area contributed by atoms with E-state index in [0.717, 1.165) is 26.7 Å². The van der Waals surface area contributed by atoms with Crippen molar-refractivity contribution >= 4 is 48.3 Å². The standard InChI is InChI=1S/C14H10Br2N2O/c15-12-6-10(19-14(12)16)8-18-13-3-1-2-9-7-17-5-4-11(9)13/h1-7,18H,8H2. The molecule has 0 aliphatic heterocycles. The number of hydrogen-bond donors (Lipinski definition) is 1. The van der Waals surface area contributed by atoms with Crippen molar-refractivity contribution < 1.29 is 4.42 Å². The van der Waals surface area contributed by atoms with Crippen molar-refractivity contribution in [2.24, 2.45) is 0 Å². The Morgan fingerprint density at radius 3 is 2.89 bits per heavy atom. The van der Waals surface area contributed by atoms with Gasteiger partial charge in [0.25, 0.3) is 0 Å². The second-order valence-corrected chi connectivity index (χ2v) is 5.66. The molecule has 1 aromatic carbocycles. The van der Waals surface area contributed by atoms with Crippen LogP contribution in [0.3, 0.4) is 0 Å². The zero-order valence-electron chi connectivity index (χ0n) is 9.86. The molecule has 0 fully saturated rings. The van der Waals surface area contributed by atoms with Gasteiger partial charge in [0.1, 0.15) is 5.76 Å². The Morgan fingerprint density at radius 2 is 2.11 bits per heavy atom. The Labute approximate surface area is 127 Å². The summed E-state index contributed by atoms with van der Waals surface area (Å²) in [5.41, 5.74) is 1.07. The highest BCUT2D eigenvalue weighted by Gasteiger charge is 2.06. The van der Waals surface area contributed by atoms with Crippen LogP contribution in [0.2, 0.25) is 0 Å². The largest absolute Gasteiger partial charge is 0.451 e. The lowest BCUT2D eigenvalue weighted by Gasteiger charge is -2.07. The number of anilines is 1. The summed E-state index contributed by atoms with van der Waals surface area (Å²) in [6, 6.07) is 10.1. The van der Waals surface area contributed by atoms with Gasteiger partial charge >= 0.3 is 0 Å². The molecule has 0 bridgehead atoms. The van der Waals surface area contributed by atoms with Gasteiger partial charge in [-0.05, 0) is 50.1 Å². The van der Waals surface area contributed by atoms with Crippen molar-refractivity contribution in [1.82, 2.24) is 4.98 Å². The molecule has 0 saturated heterocycles. The van der Waals surface area contributed by atoms with Gasteiger partial charge in [-0.3, -0.25) is 4.98 Å². The number of furan rings is 1. The monoisotopic (exact) mass is 380 g/mol. The van der Waals surface area contributed by atoms with Crippen molar-refractivity contribution in [2.75, 3.05) is 5.32 Å². The summed E-state index contributed by atoms with van der Waals surface area (Å²) in [4.78, 5) is 4.13. The Morgan fingerprint density at radius 1 is 1.21 bits per heavy atom. The molecule has 2 heterocycles. The molecule has 1 N–H and O–H groups in total. The van der Waals surface area contributed by atoms with Crippen LogP contribution in [0.4, 0.5) is 5.69 Å². The number of rotatable bonds is 3. The molecule has 0 aliphatic rings. The Hall–Kier alpha value is -1.33. The highest BCUT2D eigenvalue weighted by molar-refractivity contribution is 9.13. The summed E-state index contributed by atoms with van der Waals surface area (Å²) in [5.74, 6) is 0.866. The molecule has 3 nitrogen and oxygen atoms in total. The van der Waals surface area contributed by atoms with Crippen LogP contribution in [0.1, 0.15) is 5.76 Å². The summed E-state index contributed by atoms with van der Waals surface area (Å²) < 4.78 is 7.18. The van der Waals surface area contributed by atoms with Crippen molar-refractivity contribution in [3.63, 3.8) is 0 Å². The number of aromatic nitrogens is 1. The van der Waals surface area contributed by atoms with Gasteiger partial charge in [-0.1, -0.05) is 12.1 Å². The van der Waals surface area contributed by atoms with Crippen LogP contribution in [-0.4, -0.2) is 4.98 Å². The van der Waals surface area contributed by atoms with Gasteiger partial charge in [0, 0.05) is 28.9 Å². The lowest BCUT2D eigenvalue weighted by Crippen LogP contribution is -1.98. The van der Waals surface area contributed by atoms with Crippen LogP contribution >= 0.6 is 31.9 Å². The third-order valence-electron chi connectivity index (χ3n) is 2.83. The molecule has 0 atom stereocenters. The maximum absolute atomic E-state index is 5.54. The predicted molar refractivity (Wildman–Crippen MR) is 83.2 cm³/mol. The second-order valence-electron chi connectivity index (χ2n) is 4.09. The topological polar surface area (TPSA) is 38.1 Å². The van der Waals surface area contributed by atoms with Gasteiger partial charge in [-0.2, -0.15) is 0 Å². The first-order valence-electron chi connectivity index (χ1n) is 5.74. The fourth-order valence-corrected chi connectivity index (χ4v) is 2.60. The van der Waals surface area contributed by atoms with Crippen LogP contribution in [0.5, 0.6) is 0 Å². The minimum absolute atomic E-state index is 0.631. The number of hydrogen-bond acceptors (Lipinski definition) is 3. The Balaban J connectivity index is 1.85. The molecule has 0 unspecified atom stereocenters. The average molecular weight is 382 g/mol. The first-order chi connectivity index (χ1) is 9.24. The maximum Gasteiger partial charge on any atom is 0.183 e. The van der Waals surface area contributed by atoms with E-state index in [1.807, 2.05) is 30.5 Å². The van der Waals surface area contributed by atoms with E-state index in [0.29, 0.717) is 11.2 Å². The number of pyridine rings is 1. The Kier molecular flexibility index (Phi) is 3.57. The summed E-state index contributed by atoms with van der Waals surface area (Å²) in [5, 5.41) is 5.66. The SMILES string of the molecule is Brc1cc(CNc2cccc3cnccc23)oc1Br. The second kappa shape index (κ2) is 5.35. The lowest BCUT2D eigenvalue weighted by molar-refractivity contribution is 0.494. The fourth-order valence-electron chi connectivity index (χ4n) is 1.94. The summed E-state index contributed by atoms with van der Waals surface area (Å²) in [6.07, 6.45) is 3.66. The highest BCUT2D eigenvalue weighted by atomic mass is 79.9. The van der Waals surface area contributed by atoms with E-state index in [1.165, 1.54) is 0 Å². The van der Waals surface area contributed by atoms with Crippen LogP contribution in [-0.2, 0) is 6.54 Å². The van der Waals surface area contributed by atoms with E-state index in [1.54, 1.807) is 6.20 Å². The molecule has 3 aromatic rings. The van der Waals surface area contributed by atoms with E-state index >= 15 is 0 Å². The fraction of sp³-hybridized carbons (Fsp3) is 0.0714. The predicted octanol–water partition coefficient (Wildman–Crippen LogP) is 4.96. The van der Waals surface area contributed by atoms with E-state index in [2.05, 4.69) is 48.2 Å². The van der Waals surface area contributed by atoms with E-state index in [4.69, 9.17) is 4.42 Å². The molecule has 19 heavy (non-hydrogen) atoms. The van der Waals surface area contributed by atoms with Gasteiger partial charge in [-0.25, -0.2) is 0 Å². The number of nitrogens with one attached hydrogen (secondary N) is 1. The van der Waals surface area contributed by atoms with Crippen LogP contribution in [0.25, 0.3) is 10.8 Å². The van der Waals surface area contributed by atoms with Gasteiger partial charge in [0.15, 0.2) is 4.67 Å². The molecule has 96 valence electrons. The first kappa shape index (κ1) is 12.7. The van der Waals surface area contributed by atoms with E-state index in [9.17, 15) is 0 Å². The zero-order chi connectivity index (χ0) is 13.2. The molecular weight excluding hydrogens is 372 g/mol. The maximum atomic E-state index is 5.54. The van der Waals surface area contributed by atoms with Gasteiger partial charge in [0.2, 0.25) is 0 Å². The first-order valence-corrected chi connectivity index (χ1v) is 7.33. The number of nitrogens with zero attached hydrogens (tertiary/aromatic N) is 1. The normalized spacial score (nSPS) is 10.8. The van der Waals surface area contributed by atoms with Crippen LogP contribution in [0.15, 0.2) is 56.3 Å². The third kappa shape index (κ3) is 2.67. The Bertz CT molecular complexity index is 700. The van der Waals surface area contributed by atoms with Crippen molar-refractivity contribution in [3.05, 3.63) is 57.6 Å². The lowest BCUT2D eigenvalue weighted by atomic mass is 10.1. The molecule has 0 aliphatic carbocycles. The number of fused-ring (bicyclic) bond motifs is 1. The highest BCUT2D eigenvalue weighted by Crippen LogP contribution is 2.28. The third-order valence-corrected chi connectivity index (χ3v) is 4.54. The van der Waals surface area contributed by atoms with Crippen molar-refractivity contribution in [1.29, 1.82) is 0 Å². The number of benzene rings is 1. The smallest absolute Gasteiger partial charge is 0.183 e. The molecule has 3 rings (SSSR count). The number of halogens is 2. The molecular formula is C14H10Br2N2O.